The maximum Gasteiger partial charge on any atom is 0.229 e. The number of aliphatic hydroxyl groups is 5. The number of ether oxygens (including phenoxy) is 4. The molecule has 142 valence electrons. The number of aliphatic hydroxyl groups excluding tert-OH is 5. The minimum Gasteiger partial charge on any atom is -0.493 e. The van der Waals surface area contributed by atoms with Crippen LogP contribution in [0.5, 0.6) is 17.2 Å². The first kappa shape index (κ1) is 19.7. The molecule has 0 unspecified atom stereocenters. The van der Waals surface area contributed by atoms with Crippen molar-refractivity contribution in [1.29, 1.82) is 0 Å². The van der Waals surface area contributed by atoms with E-state index in [4.69, 9.17) is 24.1 Å². The quantitative estimate of drug-likeness (QED) is 0.390. The largest absolute Gasteiger partial charge is 0.493 e. The normalized spacial score (nSPS) is 29.3. The lowest BCUT2D eigenvalue weighted by atomic mass is 9.99. The molecule has 1 fully saturated rings. The summed E-state index contributed by atoms with van der Waals surface area (Å²) in [6, 6.07) is 3.27. The zero-order chi connectivity index (χ0) is 18.6. The zero-order valence-electron chi connectivity index (χ0n) is 14.0. The summed E-state index contributed by atoms with van der Waals surface area (Å²) in [7, 11) is 2.83. The summed E-state index contributed by atoms with van der Waals surface area (Å²) in [6.07, 6.45) is -6.65. The van der Waals surface area contributed by atoms with Crippen LogP contribution in [0.3, 0.4) is 0 Å². The first-order valence-electron chi connectivity index (χ1n) is 7.79. The van der Waals surface area contributed by atoms with Gasteiger partial charge < -0.3 is 44.5 Å². The Morgan fingerprint density at radius 3 is 2.04 bits per heavy atom. The molecule has 9 heteroatoms. The average molecular weight is 360 g/mol. The van der Waals surface area contributed by atoms with Gasteiger partial charge in [0, 0.05) is 6.61 Å². The first-order chi connectivity index (χ1) is 12.0. The number of methoxy groups -OCH3 is 2. The molecule has 0 aromatic heterocycles. The third-order valence-corrected chi connectivity index (χ3v) is 4.00. The van der Waals surface area contributed by atoms with E-state index in [-0.39, 0.29) is 23.9 Å². The molecule has 1 aromatic carbocycles. The predicted molar refractivity (Wildman–Crippen MR) is 84.7 cm³/mol. The number of benzene rings is 1. The Bertz CT molecular complexity index is 538. The summed E-state index contributed by atoms with van der Waals surface area (Å²) in [5, 5.41) is 48.1. The minimum atomic E-state index is -1.55. The smallest absolute Gasteiger partial charge is 0.229 e. The molecule has 0 radical (unpaired) electrons. The predicted octanol–water partition coefficient (Wildman–Crippen LogP) is -1.58. The van der Waals surface area contributed by atoms with Gasteiger partial charge in [0.25, 0.3) is 0 Å². The van der Waals surface area contributed by atoms with E-state index in [2.05, 4.69) is 0 Å². The van der Waals surface area contributed by atoms with E-state index in [1.54, 1.807) is 12.1 Å². The molecule has 1 saturated heterocycles. The van der Waals surface area contributed by atoms with Gasteiger partial charge in [-0.2, -0.15) is 0 Å². The summed E-state index contributed by atoms with van der Waals surface area (Å²) in [6.45, 7) is -0.617. The second-order valence-electron chi connectivity index (χ2n) is 5.62. The number of hydrogen-bond acceptors (Lipinski definition) is 9. The number of hydrogen-bond donors (Lipinski definition) is 5. The molecule has 0 bridgehead atoms. The third kappa shape index (κ3) is 4.14. The van der Waals surface area contributed by atoms with Gasteiger partial charge in [0.1, 0.15) is 24.4 Å². The average Bonchev–Trinajstić information content (AvgIpc) is 2.62. The van der Waals surface area contributed by atoms with Gasteiger partial charge in [-0.05, 0) is 24.1 Å². The highest BCUT2D eigenvalue weighted by Crippen LogP contribution is 2.40. The van der Waals surface area contributed by atoms with Gasteiger partial charge in [-0.1, -0.05) is 0 Å². The molecule has 5 atom stereocenters. The lowest BCUT2D eigenvalue weighted by molar-refractivity contribution is -0.277. The van der Waals surface area contributed by atoms with Crippen LogP contribution < -0.4 is 14.2 Å². The highest BCUT2D eigenvalue weighted by atomic mass is 16.7. The van der Waals surface area contributed by atoms with Gasteiger partial charge in [0.2, 0.25) is 12.0 Å². The van der Waals surface area contributed by atoms with Crippen molar-refractivity contribution in [3.63, 3.8) is 0 Å². The molecule has 1 aliphatic heterocycles. The van der Waals surface area contributed by atoms with E-state index in [0.717, 1.165) is 5.56 Å². The van der Waals surface area contributed by atoms with Crippen LogP contribution in [0.25, 0.3) is 0 Å². The summed E-state index contributed by atoms with van der Waals surface area (Å²) < 4.78 is 21.5. The molecule has 0 amide bonds. The lowest BCUT2D eigenvalue weighted by Crippen LogP contribution is -2.60. The highest BCUT2D eigenvalue weighted by Gasteiger charge is 2.45. The first-order valence-corrected chi connectivity index (χ1v) is 7.79. The van der Waals surface area contributed by atoms with Crippen molar-refractivity contribution < 1.29 is 44.5 Å². The third-order valence-electron chi connectivity index (χ3n) is 4.00. The summed E-state index contributed by atoms with van der Waals surface area (Å²) in [5.41, 5.74) is 0.748. The lowest BCUT2D eigenvalue weighted by Gasteiger charge is -2.39. The summed E-state index contributed by atoms with van der Waals surface area (Å²) >= 11 is 0. The molecule has 0 saturated carbocycles. The van der Waals surface area contributed by atoms with Crippen molar-refractivity contribution in [3.05, 3.63) is 17.7 Å². The second kappa shape index (κ2) is 8.65. The fourth-order valence-corrected chi connectivity index (χ4v) is 2.60. The SMILES string of the molecule is COc1cc(CCO)cc(OC)c1O[C@H]1O[C@H](CO)[C@@H](O)[C@H](O)[C@H]1O. The molecule has 1 aliphatic rings. The molecular formula is C16H24O9. The van der Waals surface area contributed by atoms with Crippen LogP contribution in [-0.4, -0.2) is 83.7 Å². The van der Waals surface area contributed by atoms with Gasteiger partial charge in [0.05, 0.1) is 20.8 Å². The Labute approximate surface area is 145 Å². The van der Waals surface area contributed by atoms with Crippen molar-refractivity contribution >= 4 is 0 Å². The van der Waals surface area contributed by atoms with Crippen LogP contribution in [0.4, 0.5) is 0 Å². The Balaban J connectivity index is 2.31. The maximum absolute atomic E-state index is 10.1. The van der Waals surface area contributed by atoms with Crippen molar-refractivity contribution in [2.75, 3.05) is 27.4 Å². The standard InChI is InChI=1S/C16H24O9/c1-22-9-5-8(3-4-17)6-10(23-2)15(9)25-16-14(21)13(20)12(19)11(7-18)24-16/h5-6,11-14,16-21H,3-4,7H2,1-2H3/t11-,12-,13+,14-,16-/m1/s1. The van der Waals surface area contributed by atoms with Gasteiger partial charge in [-0.25, -0.2) is 0 Å². The topological polar surface area (TPSA) is 138 Å². The van der Waals surface area contributed by atoms with Crippen LogP contribution in [0, 0.1) is 0 Å². The Kier molecular flexibility index (Phi) is 6.82. The van der Waals surface area contributed by atoms with Crippen LogP contribution in [0.15, 0.2) is 12.1 Å². The van der Waals surface area contributed by atoms with E-state index in [1.807, 2.05) is 0 Å². The molecule has 25 heavy (non-hydrogen) atoms. The van der Waals surface area contributed by atoms with E-state index in [0.29, 0.717) is 6.42 Å². The molecular weight excluding hydrogens is 336 g/mol. The molecule has 5 N–H and O–H groups in total. The Morgan fingerprint density at radius 2 is 1.56 bits per heavy atom. The number of rotatable bonds is 7. The Hall–Kier alpha value is -1.62. The van der Waals surface area contributed by atoms with Crippen molar-refractivity contribution in [2.45, 2.75) is 37.1 Å². The molecule has 9 nitrogen and oxygen atoms in total. The molecule has 0 aliphatic carbocycles. The van der Waals surface area contributed by atoms with E-state index < -0.39 is 37.3 Å². The van der Waals surface area contributed by atoms with Gasteiger partial charge >= 0.3 is 0 Å². The highest BCUT2D eigenvalue weighted by molar-refractivity contribution is 5.54. The van der Waals surface area contributed by atoms with E-state index in [9.17, 15) is 20.4 Å². The molecule has 1 heterocycles. The van der Waals surface area contributed by atoms with Crippen molar-refractivity contribution in [2.24, 2.45) is 0 Å². The van der Waals surface area contributed by atoms with Crippen LogP contribution in [0.2, 0.25) is 0 Å². The van der Waals surface area contributed by atoms with Crippen molar-refractivity contribution in [1.82, 2.24) is 0 Å². The van der Waals surface area contributed by atoms with Gasteiger partial charge in [-0.3, -0.25) is 0 Å². The fourth-order valence-electron chi connectivity index (χ4n) is 2.60. The maximum atomic E-state index is 10.1. The fraction of sp³-hybridized carbons (Fsp3) is 0.625. The Morgan fingerprint density at radius 1 is 0.960 bits per heavy atom. The zero-order valence-corrected chi connectivity index (χ0v) is 14.0. The van der Waals surface area contributed by atoms with Crippen LogP contribution in [-0.2, 0) is 11.2 Å². The van der Waals surface area contributed by atoms with Crippen LogP contribution in [0.1, 0.15) is 5.56 Å². The van der Waals surface area contributed by atoms with Gasteiger partial charge in [0.15, 0.2) is 11.5 Å². The summed E-state index contributed by atoms with van der Waals surface area (Å²) in [5.74, 6) is 0.676. The van der Waals surface area contributed by atoms with E-state index >= 15 is 0 Å². The van der Waals surface area contributed by atoms with Gasteiger partial charge in [-0.15, -0.1) is 0 Å². The van der Waals surface area contributed by atoms with Crippen LogP contribution >= 0.6 is 0 Å². The summed E-state index contributed by atoms with van der Waals surface area (Å²) in [4.78, 5) is 0. The van der Waals surface area contributed by atoms with E-state index in [1.165, 1.54) is 14.2 Å². The van der Waals surface area contributed by atoms with Crippen molar-refractivity contribution in [3.8, 4) is 17.2 Å². The molecule has 1 aromatic rings. The second-order valence-corrected chi connectivity index (χ2v) is 5.62. The molecule has 2 rings (SSSR count). The minimum absolute atomic E-state index is 0.0563. The monoisotopic (exact) mass is 360 g/mol. The molecule has 0 spiro atoms.